The number of benzene rings is 1. The van der Waals surface area contributed by atoms with E-state index in [9.17, 15) is 14.7 Å². The molecule has 8 heteroatoms. The van der Waals surface area contributed by atoms with Gasteiger partial charge in [0.25, 0.3) is 11.7 Å². The van der Waals surface area contributed by atoms with Gasteiger partial charge in [-0.3, -0.25) is 14.6 Å². The Kier molecular flexibility index (Phi) is 6.91. The highest BCUT2D eigenvalue weighted by Gasteiger charge is 2.46. The summed E-state index contributed by atoms with van der Waals surface area (Å²) in [5.74, 6) is -0.822. The third-order valence-corrected chi connectivity index (χ3v) is 5.18. The van der Waals surface area contributed by atoms with Gasteiger partial charge in [0.05, 0.1) is 31.1 Å². The van der Waals surface area contributed by atoms with E-state index < -0.39 is 17.7 Å². The highest BCUT2D eigenvalue weighted by atomic mass is 16.5. The molecule has 164 valence electrons. The Hall–Kier alpha value is -3.39. The standard InChI is InChI=1S/C23H27N3O5/c1-25(2)12-7-13-26-20(17-8-5-6-11-24-17)19(22(28)23(26)29)21(27)16-10-9-15(30-3)14-18(16)31-4/h5-6,8-11,14,20,27H,7,12-13H2,1-4H3/t20-/m1/s1. The Balaban J connectivity index is 2.12. The second kappa shape index (κ2) is 9.61. The van der Waals surface area contributed by atoms with Crippen LogP contribution in [0.5, 0.6) is 11.5 Å². The molecule has 1 fully saturated rings. The molecule has 0 radical (unpaired) electrons. The van der Waals surface area contributed by atoms with E-state index in [4.69, 9.17) is 9.47 Å². The number of nitrogens with zero attached hydrogens (tertiary/aromatic N) is 3. The fourth-order valence-electron chi connectivity index (χ4n) is 3.65. The average Bonchev–Trinajstić information content (AvgIpc) is 3.03. The van der Waals surface area contributed by atoms with Crippen molar-refractivity contribution in [3.05, 3.63) is 59.4 Å². The number of ketones is 1. The van der Waals surface area contributed by atoms with Crippen LogP contribution in [-0.4, -0.2) is 73.0 Å². The maximum atomic E-state index is 13.0. The summed E-state index contributed by atoms with van der Waals surface area (Å²) in [6.07, 6.45) is 2.28. The number of likely N-dealkylation sites (tertiary alicyclic amines) is 1. The molecule has 8 nitrogen and oxygen atoms in total. The zero-order valence-corrected chi connectivity index (χ0v) is 18.2. The van der Waals surface area contributed by atoms with Crippen LogP contribution < -0.4 is 9.47 Å². The van der Waals surface area contributed by atoms with E-state index in [2.05, 4.69) is 4.98 Å². The zero-order valence-electron chi connectivity index (χ0n) is 18.2. The fourth-order valence-corrected chi connectivity index (χ4v) is 3.65. The van der Waals surface area contributed by atoms with Gasteiger partial charge in [0.1, 0.15) is 23.3 Å². The SMILES string of the molecule is COc1ccc(C(O)=C2C(=O)C(=O)N(CCCN(C)C)[C@@H]2c2ccccn2)c(OC)c1. The van der Waals surface area contributed by atoms with Crippen LogP contribution in [0.15, 0.2) is 48.2 Å². The van der Waals surface area contributed by atoms with Crippen LogP contribution in [0.1, 0.15) is 23.7 Å². The van der Waals surface area contributed by atoms with Crippen LogP contribution in [0, 0.1) is 0 Å². The summed E-state index contributed by atoms with van der Waals surface area (Å²) in [4.78, 5) is 33.8. The van der Waals surface area contributed by atoms with Crippen molar-refractivity contribution in [3.8, 4) is 11.5 Å². The molecule has 2 heterocycles. The number of pyridine rings is 1. The number of Topliss-reactive ketones (excluding diaryl/α,β-unsaturated/α-hetero) is 1. The zero-order chi connectivity index (χ0) is 22.5. The van der Waals surface area contributed by atoms with Crippen LogP contribution >= 0.6 is 0 Å². The van der Waals surface area contributed by atoms with Gasteiger partial charge >= 0.3 is 0 Å². The monoisotopic (exact) mass is 425 g/mol. The predicted molar refractivity (Wildman–Crippen MR) is 116 cm³/mol. The summed E-state index contributed by atoms with van der Waals surface area (Å²) in [5.41, 5.74) is 0.813. The molecule has 0 unspecified atom stereocenters. The molecule has 1 aromatic heterocycles. The first-order valence-corrected chi connectivity index (χ1v) is 9.95. The van der Waals surface area contributed by atoms with Gasteiger partial charge in [-0.05, 0) is 51.3 Å². The Morgan fingerprint density at radius 3 is 2.55 bits per heavy atom. The van der Waals surface area contributed by atoms with Crippen LogP contribution in [0.25, 0.3) is 5.76 Å². The first-order valence-electron chi connectivity index (χ1n) is 9.95. The predicted octanol–water partition coefficient (Wildman–Crippen LogP) is 2.47. The number of carbonyl (C=O) groups excluding carboxylic acids is 2. The van der Waals surface area contributed by atoms with E-state index in [0.29, 0.717) is 35.7 Å². The lowest BCUT2D eigenvalue weighted by molar-refractivity contribution is -0.140. The van der Waals surface area contributed by atoms with E-state index >= 15 is 0 Å². The van der Waals surface area contributed by atoms with Crippen molar-refractivity contribution >= 4 is 17.4 Å². The summed E-state index contributed by atoms with van der Waals surface area (Å²) in [6, 6.07) is 9.37. The molecule has 1 amide bonds. The normalized spacial score (nSPS) is 18.0. The van der Waals surface area contributed by atoms with Gasteiger partial charge in [-0.25, -0.2) is 0 Å². The van der Waals surface area contributed by atoms with Gasteiger partial charge in [0.2, 0.25) is 0 Å². The van der Waals surface area contributed by atoms with Gasteiger partial charge in [-0.2, -0.15) is 0 Å². The lowest BCUT2D eigenvalue weighted by atomic mass is 9.97. The number of hydrogen-bond donors (Lipinski definition) is 1. The van der Waals surface area contributed by atoms with Crippen LogP contribution in [0.2, 0.25) is 0 Å². The van der Waals surface area contributed by atoms with Crippen molar-refractivity contribution in [2.75, 3.05) is 41.4 Å². The Bertz CT molecular complexity index is 988. The van der Waals surface area contributed by atoms with Crippen molar-refractivity contribution in [3.63, 3.8) is 0 Å². The Morgan fingerprint density at radius 2 is 1.94 bits per heavy atom. The highest BCUT2D eigenvalue weighted by Crippen LogP contribution is 2.40. The minimum absolute atomic E-state index is 0.00276. The number of methoxy groups -OCH3 is 2. The number of amides is 1. The lowest BCUT2D eigenvalue weighted by Gasteiger charge is -2.25. The summed E-state index contributed by atoms with van der Waals surface area (Å²) in [6.45, 7) is 1.12. The molecule has 0 saturated carbocycles. The maximum Gasteiger partial charge on any atom is 0.295 e. The molecule has 1 atom stereocenters. The largest absolute Gasteiger partial charge is 0.507 e. The molecular weight excluding hydrogens is 398 g/mol. The third-order valence-electron chi connectivity index (χ3n) is 5.18. The van der Waals surface area contributed by atoms with Gasteiger partial charge in [0.15, 0.2) is 0 Å². The van der Waals surface area contributed by atoms with E-state index in [1.165, 1.54) is 19.1 Å². The van der Waals surface area contributed by atoms with Crippen LogP contribution in [0.3, 0.4) is 0 Å². The average molecular weight is 425 g/mol. The van der Waals surface area contributed by atoms with E-state index in [1.807, 2.05) is 19.0 Å². The number of aliphatic hydroxyl groups excluding tert-OH is 1. The smallest absolute Gasteiger partial charge is 0.295 e. The van der Waals surface area contributed by atoms with Crippen molar-refractivity contribution in [1.82, 2.24) is 14.8 Å². The minimum atomic E-state index is -0.782. The maximum absolute atomic E-state index is 13.0. The third kappa shape index (κ3) is 4.54. The fraction of sp³-hybridized carbons (Fsp3) is 0.348. The topological polar surface area (TPSA) is 92.2 Å². The van der Waals surface area contributed by atoms with Crippen molar-refractivity contribution in [1.29, 1.82) is 0 Å². The van der Waals surface area contributed by atoms with Crippen molar-refractivity contribution in [2.24, 2.45) is 0 Å². The molecule has 1 aliphatic heterocycles. The van der Waals surface area contributed by atoms with E-state index in [0.717, 1.165) is 6.54 Å². The molecule has 0 aliphatic carbocycles. The summed E-state index contributed by atoms with van der Waals surface area (Å²) in [7, 11) is 6.87. The lowest BCUT2D eigenvalue weighted by Crippen LogP contribution is -2.32. The number of carbonyl (C=O) groups is 2. The molecule has 0 spiro atoms. The van der Waals surface area contributed by atoms with Crippen LogP contribution in [0.4, 0.5) is 0 Å². The van der Waals surface area contributed by atoms with Crippen LogP contribution in [-0.2, 0) is 9.59 Å². The Labute approximate surface area is 181 Å². The number of aliphatic hydroxyl groups is 1. The first kappa shape index (κ1) is 22.3. The van der Waals surface area contributed by atoms with Crippen molar-refractivity contribution in [2.45, 2.75) is 12.5 Å². The number of ether oxygens (including phenoxy) is 2. The molecule has 0 bridgehead atoms. The minimum Gasteiger partial charge on any atom is -0.507 e. The summed E-state index contributed by atoms with van der Waals surface area (Å²) in [5, 5.41) is 11.2. The number of rotatable bonds is 8. The molecular formula is C23H27N3O5. The number of aromatic nitrogens is 1. The highest BCUT2D eigenvalue weighted by molar-refractivity contribution is 6.46. The second-order valence-electron chi connectivity index (χ2n) is 7.47. The number of hydrogen-bond acceptors (Lipinski definition) is 7. The molecule has 2 aromatic rings. The molecule has 1 N–H and O–H groups in total. The quantitative estimate of drug-likeness (QED) is 0.395. The van der Waals surface area contributed by atoms with Gasteiger partial charge in [-0.15, -0.1) is 0 Å². The molecule has 31 heavy (non-hydrogen) atoms. The van der Waals surface area contributed by atoms with Gasteiger partial charge < -0.3 is 24.4 Å². The first-order chi connectivity index (χ1) is 14.9. The van der Waals surface area contributed by atoms with E-state index in [-0.39, 0.29) is 11.3 Å². The molecule has 3 rings (SSSR count). The van der Waals surface area contributed by atoms with Gasteiger partial charge in [0, 0.05) is 18.8 Å². The summed E-state index contributed by atoms with van der Waals surface area (Å²) >= 11 is 0. The van der Waals surface area contributed by atoms with Crippen molar-refractivity contribution < 1.29 is 24.2 Å². The summed E-state index contributed by atoms with van der Waals surface area (Å²) < 4.78 is 10.6. The second-order valence-corrected chi connectivity index (χ2v) is 7.47. The van der Waals surface area contributed by atoms with E-state index in [1.54, 1.807) is 42.6 Å². The molecule has 1 saturated heterocycles. The molecule has 1 aliphatic rings. The Morgan fingerprint density at radius 1 is 1.16 bits per heavy atom. The van der Waals surface area contributed by atoms with Gasteiger partial charge in [-0.1, -0.05) is 6.07 Å². The molecule has 1 aromatic carbocycles.